The summed E-state index contributed by atoms with van der Waals surface area (Å²) in [6, 6.07) is 0. The first kappa shape index (κ1) is 64.6. The molecule has 4 saturated heterocycles. The van der Waals surface area contributed by atoms with E-state index in [9.17, 15) is 57.5 Å². The third-order valence-corrected chi connectivity index (χ3v) is 11.2. The predicted octanol–water partition coefficient (Wildman–Crippen LogP) is 0.479. The van der Waals surface area contributed by atoms with E-state index in [1.165, 1.54) is 26.2 Å². The van der Waals surface area contributed by atoms with Crippen molar-refractivity contribution >= 4 is 71.4 Å². The Morgan fingerprint density at radius 1 is 0.514 bits per heavy atom. The van der Waals surface area contributed by atoms with Crippen molar-refractivity contribution in [3.8, 4) is 0 Å². The zero-order valence-electron chi connectivity index (χ0n) is 44.3. The van der Waals surface area contributed by atoms with E-state index >= 15 is 0 Å². The molecule has 2 unspecified atom stereocenters. The highest BCUT2D eigenvalue weighted by atomic mass is 16.6. The Morgan fingerprint density at radius 3 is 1.16 bits per heavy atom. The summed E-state index contributed by atoms with van der Waals surface area (Å²) >= 11 is 0. The lowest BCUT2D eigenvalue weighted by atomic mass is 9.89. The van der Waals surface area contributed by atoms with E-state index < -0.39 is 93.8 Å². The maximum atomic E-state index is 12.2. The average molecular weight is 1050 g/mol. The van der Waals surface area contributed by atoms with E-state index in [1.807, 2.05) is 48.5 Å². The van der Waals surface area contributed by atoms with Crippen LogP contribution in [0.5, 0.6) is 0 Å². The monoisotopic (exact) mass is 1050 g/mol. The normalized spacial score (nSPS) is 21.9. The van der Waals surface area contributed by atoms with Gasteiger partial charge in [0.15, 0.2) is 24.4 Å². The molecule has 0 aliphatic carbocycles. The number of esters is 7. The summed E-state index contributed by atoms with van der Waals surface area (Å²) in [6.07, 6.45) is 3.81. The second-order valence-electron chi connectivity index (χ2n) is 19.5. The van der Waals surface area contributed by atoms with E-state index in [1.54, 1.807) is 37.8 Å². The molecule has 25 nitrogen and oxygen atoms in total. The zero-order valence-corrected chi connectivity index (χ0v) is 44.3. The quantitative estimate of drug-likeness (QED) is 0.121. The number of ether oxygens (including phenoxy) is 8. The number of methoxy groups -OCH3 is 4. The Morgan fingerprint density at radius 2 is 0.851 bits per heavy atom. The summed E-state index contributed by atoms with van der Waals surface area (Å²) in [7, 11) is 6.83. The fourth-order valence-electron chi connectivity index (χ4n) is 7.34. The molecular formula is C49H70N4O21. The smallest absolute Gasteiger partial charge is 0.331 e. The molecule has 4 heterocycles. The van der Waals surface area contributed by atoms with Gasteiger partial charge in [0.05, 0.1) is 27.9 Å². The highest BCUT2D eigenvalue weighted by molar-refractivity contribution is 5.96. The number of nitrogens with one attached hydrogen (secondary N) is 1. The van der Waals surface area contributed by atoms with Crippen molar-refractivity contribution in [1.82, 2.24) is 20.0 Å². The average Bonchev–Trinajstić information content (AvgIpc) is 3.89. The molecule has 412 valence electrons. The molecule has 0 aromatic heterocycles. The Bertz CT molecular complexity index is 2220. The molecular weight excluding hydrogens is 981 g/mol. The van der Waals surface area contributed by atoms with Crippen molar-refractivity contribution in [2.75, 3.05) is 81.4 Å². The first-order chi connectivity index (χ1) is 34.2. The minimum Gasteiger partial charge on any atom is -0.478 e. The standard InChI is InChI=1S/C14H21NO6.C13H19NO5.C12H17NO5.C10H13NO5/c1-14(2)9-15(7-8-19-3)13(18)12(14)21-11(17)6-5-10(16)20-4;1-5-14-8-13(2,3)11(12(14)17)19-10(16)7-6-9(15)18-4;1-12(2)7-13(3)11(16)10(12)18-9(15)6-5-8(14)17-4;1-10(2)5-11-9(15)8(10)16-7(14)4-3-6(12)13/h5-6,12H,7-9H2,1-4H3;6-7,11H,5,8H2,1-4H3;5-6,10H,7H2,1-4H3;3-4,8H,5H2,1-2H3,(H,11,15)(H,12,13)/b6-5+;7-6+;6-5+;4-3+/t12-;;10-;/m0.0./s1. The van der Waals surface area contributed by atoms with Crippen molar-refractivity contribution in [3.05, 3.63) is 48.6 Å². The molecule has 4 fully saturated rings. The molecule has 4 atom stereocenters. The van der Waals surface area contributed by atoms with Crippen molar-refractivity contribution in [1.29, 1.82) is 0 Å². The van der Waals surface area contributed by atoms with Crippen LogP contribution in [-0.4, -0.2) is 197 Å². The predicted molar refractivity (Wildman–Crippen MR) is 256 cm³/mol. The van der Waals surface area contributed by atoms with Crippen molar-refractivity contribution in [3.63, 3.8) is 0 Å². The highest BCUT2D eigenvalue weighted by Gasteiger charge is 2.50. The van der Waals surface area contributed by atoms with Crippen molar-refractivity contribution in [2.45, 2.75) is 86.7 Å². The number of likely N-dealkylation sites (N-methyl/N-ethyl adjacent to an activating group) is 2. The van der Waals surface area contributed by atoms with Gasteiger partial charge in [0.1, 0.15) is 0 Å². The van der Waals surface area contributed by atoms with Gasteiger partial charge in [0.2, 0.25) is 0 Å². The van der Waals surface area contributed by atoms with Gasteiger partial charge in [-0.25, -0.2) is 38.4 Å². The third kappa shape index (κ3) is 20.2. The lowest BCUT2D eigenvalue weighted by Crippen LogP contribution is -2.36. The van der Waals surface area contributed by atoms with Crippen molar-refractivity contribution in [2.24, 2.45) is 21.7 Å². The number of hydrogen-bond donors (Lipinski definition) is 2. The molecule has 4 amide bonds. The van der Waals surface area contributed by atoms with Gasteiger partial charge in [-0.1, -0.05) is 55.4 Å². The molecule has 0 aromatic carbocycles. The van der Waals surface area contributed by atoms with Crippen LogP contribution in [-0.2, 0) is 95.4 Å². The minimum absolute atomic E-state index is 0.202. The van der Waals surface area contributed by atoms with Crippen LogP contribution in [0.15, 0.2) is 48.6 Å². The number of hydrogen-bond acceptors (Lipinski definition) is 20. The molecule has 74 heavy (non-hydrogen) atoms. The van der Waals surface area contributed by atoms with Crippen LogP contribution in [0.3, 0.4) is 0 Å². The Labute approximate surface area is 429 Å². The van der Waals surface area contributed by atoms with Crippen LogP contribution in [0.25, 0.3) is 0 Å². The van der Waals surface area contributed by atoms with Crippen LogP contribution >= 0.6 is 0 Å². The number of likely N-dealkylation sites (tertiary alicyclic amines) is 3. The summed E-state index contributed by atoms with van der Waals surface area (Å²) in [5.74, 6) is -7.30. The number of rotatable bonds is 16. The van der Waals surface area contributed by atoms with Crippen LogP contribution in [0.2, 0.25) is 0 Å². The van der Waals surface area contributed by atoms with E-state index in [2.05, 4.69) is 19.5 Å². The molecule has 0 bridgehead atoms. The second kappa shape index (κ2) is 28.7. The first-order valence-corrected chi connectivity index (χ1v) is 22.8. The highest BCUT2D eigenvalue weighted by Crippen LogP contribution is 2.35. The van der Waals surface area contributed by atoms with Gasteiger partial charge >= 0.3 is 47.8 Å². The van der Waals surface area contributed by atoms with E-state index in [-0.39, 0.29) is 23.6 Å². The van der Waals surface area contributed by atoms with Gasteiger partial charge < -0.3 is 63.0 Å². The fourth-order valence-corrected chi connectivity index (χ4v) is 7.34. The second-order valence-corrected chi connectivity index (χ2v) is 19.5. The number of carbonyl (C=O) groups excluding carboxylic acids is 11. The lowest BCUT2D eigenvalue weighted by molar-refractivity contribution is -0.156. The van der Waals surface area contributed by atoms with Gasteiger partial charge in [-0.2, -0.15) is 0 Å². The minimum atomic E-state index is -1.24. The molecule has 4 aliphatic heterocycles. The van der Waals surface area contributed by atoms with Gasteiger partial charge in [0, 0.05) is 124 Å². The lowest BCUT2D eigenvalue weighted by Gasteiger charge is -2.22. The molecule has 0 aromatic rings. The maximum absolute atomic E-state index is 12.2. The van der Waals surface area contributed by atoms with E-state index in [4.69, 9.17) is 28.8 Å². The summed E-state index contributed by atoms with van der Waals surface area (Å²) in [5.41, 5.74) is -1.87. The van der Waals surface area contributed by atoms with Crippen LogP contribution < -0.4 is 5.32 Å². The Hall–Kier alpha value is -7.44. The zero-order chi connectivity index (χ0) is 56.9. The number of nitrogens with zero attached hydrogens (tertiary/aromatic N) is 3. The van der Waals surface area contributed by atoms with Crippen molar-refractivity contribution < 1.29 is 101 Å². The van der Waals surface area contributed by atoms with Gasteiger partial charge in [0.25, 0.3) is 23.6 Å². The number of carboxylic acid groups (broad SMARTS) is 1. The summed E-state index contributed by atoms with van der Waals surface area (Å²) in [4.78, 5) is 141. The molecule has 0 radical (unpaired) electrons. The number of aliphatic carboxylic acids is 1. The molecule has 4 rings (SSSR count). The van der Waals surface area contributed by atoms with Gasteiger partial charge in [-0.3, -0.25) is 19.2 Å². The third-order valence-electron chi connectivity index (χ3n) is 11.2. The van der Waals surface area contributed by atoms with E-state index in [0.29, 0.717) is 52.0 Å². The maximum Gasteiger partial charge on any atom is 0.331 e. The molecule has 4 aliphatic rings. The summed E-state index contributed by atoms with van der Waals surface area (Å²) in [6.45, 7) is 20.0. The molecule has 0 saturated carbocycles. The SMILES string of the molecule is CC1(C)CNC(=O)C1OC(=O)/C=C/C(=O)O.CCN1CC(C)(C)C(OC(=O)/C=C/C(=O)OC)C1=O.COC(=O)/C=C/C(=O)O[C@H]1C(=O)N(C)CC1(C)C.COCCN1CC(C)(C)[C@@H](OC(=O)/C=C/C(=O)OC)C1=O. The Balaban J connectivity index is 0.000000495. The van der Waals surface area contributed by atoms with Crippen LogP contribution in [0.4, 0.5) is 0 Å². The van der Waals surface area contributed by atoms with Crippen LogP contribution in [0.1, 0.15) is 62.3 Å². The fraction of sp³-hybridized carbons (Fsp3) is 0.592. The number of carboxylic acids is 1. The number of amides is 4. The van der Waals surface area contributed by atoms with Crippen LogP contribution in [0, 0.1) is 21.7 Å². The number of carbonyl (C=O) groups is 12. The summed E-state index contributed by atoms with van der Waals surface area (Å²) in [5, 5.41) is 10.9. The Kier molecular flexibility index (Phi) is 25.1. The van der Waals surface area contributed by atoms with Gasteiger partial charge in [-0.15, -0.1) is 0 Å². The topological polar surface area (TPSA) is 321 Å². The molecule has 0 spiro atoms. The molecule has 25 heteroatoms. The largest absolute Gasteiger partial charge is 0.478 e. The first-order valence-electron chi connectivity index (χ1n) is 22.8. The van der Waals surface area contributed by atoms with Gasteiger partial charge in [-0.05, 0) is 6.92 Å². The molecule has 2 N–H and O–H groups in total. The summed E-state index contributed by atoms with van der Waals surface area (Å²) < 4.78 is 38.3. The van der Waals surface area contributed by atoms with E-state index in [0.717, 1.165) is 42.5 Å².